The number of phenols is 4. The highest BCUT2D eigenvalue weighted by Gasteiger charge is 2.36. The van der Waals surface area contributed by atoms with Gasteiger partial charge in [-0.1, -0.05) is 6.07 Å². The zero-order valence-electron chi connectivity index (χ0n) is 12.4. The molecule has 0 aromatic heterocycles. The van der Waals surface area contributed by atoms with Crippen LogP contribution in [0.2, 0.25) is 0 Å². The minimum Gasteiger partial charge on any atom is -0.508 e. The third-order valence-electron chi connectivity index (χ3n) is 3.70. The first-order valence-electron chi connectivity index (χ1n) is 6.81. The van der Waals surface area contributed by atoms with Crippen molar-refractivity contribution in [1.29, 1.82) is 0 Å². The molecule has 0 saturated carbocycles. The van der Waals surface area contributed by atoms with Crippen molar-refractivity contribution < 1.29 is 34.8 Å². The zero-order chi connectivity index (χ0) is 17.6. The van der Waals surface area contributed by atoms with E-state index < -0.39 is 23.1 Å². The van der Waals surface area contributed by atoms with E-state index in [9.17, 15) is 30.0 Å². The molecular formula is C17H12O7. The average Bonchev–Trinajstić information content (AvgIpc) is 2.52. The molecule has 0 bridgehead atoms. The van der Waals surface area contributed by atoms with E-state index in [-0.39, 0.29) is 39.5 Å². The van der Waals surface area contributed by atoms with Crippen LogP contribution < -0.4 is 0 Å². The molecule has 0 fully saturated rings. The number of benzene rings is 2. The first-order chi connectivity index (χ1) is 11.3. The molecule has 2 aromatic carbocycles. The predicted molar refractivity (Wildman–Crippen MR) is 82.1 cm³/mol. The Bertz CT molecular complexity index is 925. The van der Waals surface area contributed by atoms with E-state index in [4.69, 9.17) is 4.74 Å². The van der Waals surface area contributed by atoms with Crippen LogP contribution in [0.1, 0.15) is 26.3 Å². The molecule has 24 heavy (non-hydrogen) atoms. The largest absolute Gasteiger partial charge is 0.508 e. The number of allylic oxidation sites excluding steroid dienone is 2. The molecule has 0 saturated heterocycles. The summed E-state index contributed by atoms with van der Waals surface area (Å²) in [4.78, 5) is 25.3. The lowest BCUT2D eigenvalue weighted by Crippen LogP contribution is -2.22. The standard InChI is InChI=1S/C17H12O7/c1-24-17-13(7-2-3-10(19)11(20)4-7)15(22)9-5-8(18)6-12(21)14(9)16(17)23/h2-6,18-21H,1H3. The van der Waals surface area contributed by atoms with Crippen LogP contribution in [0.4, 0.5) is 0 Å². The highest BCUT2D eigenvalue weighted by Crippen LogP contribution is 2.40. The maximum Gasteiger partial charge on any atom is 0.232 e. The van der Waals surface area contributed by atoms with Crippen LogP contribution in [0.5, 0.6) is 23.0 Å². The van der Waals surface area contributed by atoms with Crippen molar-refractivity contribution in [3.63, 3.8) is 0 Å². The molecule has 0 spiro atoms. The van der Waals surface area contributed by atoms with Crippen molar-refractivity contribution in [1.82, 2.24) is 0 Å². The van der Waals surface area contributed by atoms with Crippen LogP contribution in [0.15, 0.2) is 36.1 Å². The third kappa shape index (κ3) is 2.14. The molecule has 0 radical (unpaired) electrons. The Morgan fingerprint density at radius 1 is 0.833 bits per heavy atom. The quantitative estimate of drug-likeness (QED) is 0.621. The Labute approximate surface area is 135 Å². The van der Waals surface area contributed by atoms with Crippen molar-refractivity contribution in [2.75, 3.05) is 7.11 Å². The maximum atomic E-state index is 12.8. The molecule has 0 amide bonds. The van der Waals surface area contributed by atoms with Crippen molar-refractivity contribution in [3.05, 3.63) is 52.8 Å². The van der Waals surface area contributed by atoms with E-state index in [2.05, 4.69) is 0 Å². The van der Waals surface area contributed by atoms with Crippen molar-refractivity contribution in [2.45, 2.75) is 0 Å². The molecule has 7 heteroatoms. The normalized spacial score (nSPS) is 13.9. The van der Waals surface area contributed by atoms with E-state index in [1.807, 2.05) is 0 Å². The van der Waals surface area contributed by atoms with Gasteiger partial charge in [-0.3, -0.25) is 9.59 Å². The van der Waals surface area contributed by atoms with Crippen LogP contribution >= 0.6 is 0 Å². The summed E-state index contributed by atoms with van der Waals surface area (Å²) in [5.74, 6) is -3.47. The molecular weight excluding hydrogens is 316 g/mol. The smallest absolute Gasteiger partial charge is 0.232 e. The third-order valence-corrected chi connectivity index (χ3v) is 3.70. The SMILES string of the molecule is COC1=C(c2ccc(O)c(O)c2)C(=O)c2cc(O)cc(O)c2C1=O. The lowest BCUT2D eigenvalue weighted by molar-refractivity contribution is 0.0921. The Morgan fingerprint density at radius 3 is 2.17 bits per heavy atom. The summed E-state index contributed by atoms with van der Waals surface area (Å²) in [5.41, 5.74) is -0.438. The Morgan fingerprint density at radius 2 is 1.54 bits per heavy atom. The number of carbonyl (C=O) groups is 2. The molecule has 0 atom stereocenters. The number of hydrogen-bond donors (Lipinski definition) is 4. The van der Waals surface area contributed by atoms with E-state index in [0.717, 1.165) is 24.3 Å². The molecule has 0 unspecified atom stereocenters. The highest BCUT2D eigenvalue weighted by atomic mass is 16.5. The van der Waals surface area contributed by atoms with Gasteiger partial charge in [-0.25, -0.2) is 0 Å². The van der Waals surface area contributed by atoms with E-state index in [1.165, 1.54) is 13.2 Å². The molecule has 0 aliphatic heterocycles. The molecule has 122 valence electrons. The van der Waals surface area contributed by atoms with Crippen LogP contribution in [0, 0.1) is 0 Å². The Balaban J connectivity index is 2.30. The second kappa shape index (κ2) is 5.31. The number of methoxy groups -OCH3 is 1. The molecule has 2 aromatic rings. The van der Waals surface area contributed by atoms with Gasteiger partial charge in [-0.2, -0.15) is 0 Å². The van der Waals surface area contributed by atoms with E-state index in [0.29, 0.717) is 0 Å². The van der Waals surface area contributed by atoms with Gasteiger partial charge < -0.3 is 25.2 Å². The second-order valence-corrected chi connectivity index (χ2v) is 5.16. The van der Waals surface area contributed by atoms with Gasteiger partial charge >= 0.3 is 0 Å². The molecule has 1 aliphatic carbocycles. The van der Waals surface area contributed by atoms with Crippen molar-refractivity contribution in [3.8, 4) is 23.0 Å². The fourth-order valence-electron chi connectivity index (χ4n) is 2.63. The fourth-order valence-corrected chi connectivity index (χ4v) is 2.63. The van der Waals surface area contributed by atoms with Crippen molar-refractivity contribution in [2.24, 2.45) is 0 Å². The number of Topliss-reactive ketones (excluding diaryl/α,β-unsaturated/α-hetero) is 2. The maximum absolute atomic E-state index is 12.8. The summed E-state index contributed by atoms with van der Waals surface area (Å²) in [6.07, 6.45) is 0. The van der Waals surface area contributed by atoms with Gasteiger partial charge in [-0.15, -0.1) is 0 Å². The van der Waals surface area contributed by atoms with Gasteiger partial charge in [0.2, 0.25) is 5.78 Å². The topological polar surface area (TPSA) is 124 Å². The van der Waals surface area contributed by atoms with Gasteiger partial charge in [0.1, 0.15) is 11.5 Å². The predicted octanol–water partition coefficient (Wildman–Crippen LogP) is 1.95. The Hall–Kier alpha value is -3.48. The number of ketones is 2. The number of carbonyl (C=O) groups excluding carboxylic acids is 2. The zero-order valence-corrected chi connectivity index (χ0v) is 12.4. The molecule has 3 rings (SSSR count). The molecule has 4 N–H and O–H groups in total. The summed E-state index contributed by atoms with van der Waals surface area (Å²) >= 11 is 0. The lowest BCUT2D eigenvalue weighted by atomic mass is 9.84. The van der Waals surface area contributed by atoms with Crippen molar-refractivity contribution >= 4 is 17.1 Å². The number of rotatable bonds is 2. The average molecular weight is 328 g/mol. The highest BCUT2D eigenvalue weighted by molar-refractivity contribution is 6.40. The van der Waals surface area contributed by atoms with Crippen LogP contribution in [-0.4, -0.2) is 39.1 Å². The first kappa shape index (κ1) is 15.4. The summed E-state index contributed by atoms with van der Waals surface area (Å²) in [5, 5.41) is 38.5. The minimum absolute atomic E-state index is 0.143. The second-order valence-electron chi connectivity index (χ2n) is 5.16. The summed E-state index contributed by atoms with van der Waals surface area (Å²) < 4.78 is 5.04. The lowest BCUT2D eigenvalue weighted by Gasteiger charge is -2.21. The fraction of sp³-hybridized carbons (Fsp3) is 0.0588. The van der Waals surface area contributed by atoms with Gasteiger partial charge in [0, 0.05) is 11.6 Å². The van der Waals surface area contributed by atoms with Gasteiger partial charge in [0.25, 0.3) is 0 Å². The molecule has 1 aliphatic rings. The van der Waals surface area contributed by atoms with Crippen LogP contribution in [0.3, 0.4) is 0 Å². The minimum atomic E-state index is -0.729. The first-order valence-corrected chi connectivity index (χ1v) is 6.81. The molecule has 0 heterocycles. The number of ether oxygens (including phenoxy) is 1. The number of hydrogen-bond acceptors (Lipinski definition) is 7. The van der Waals surface area contributed by atoms with E-state index in [1.54, 1.807) is 0 Å². The number of phenolic OH excluding ortho intramolecular Hbond substituents is 4. The monoisotopic (exact) mass is 328 g/mol. The molecule has 7 nitrogen and oxygen atoms in total. The van der Waals surface area contributed by atoms with Gasteiger partial charge in [0.15, 0.2) is 23.0 Å². The van der Waals surface area contributed by atoms with Gasteiger partial charge in [-0.05, 0) is 23.8 Å². The summed E-state index contributed by atoms with van der Waals surface area (Å²) in [6, 6.07) is 5.64. The summed E-state index contributed by atoms with van der Waals surface area (Å²) in [7, 11) is 1.20. The Kier molecular flexibility index (Phi) is 3.41. The number of fused-ring (bicyclic) bond motifs is 1. The van der Waals surface area contributed by atoms with Crippen LogP contribution in [0.25, 0.3) is 5.57 Å². The van der Waals surface area contributed by atoms with Crippen LogP contribution in [-0.2, 0) is 4.74 Å². The van der Waals surface area contributed by atoms with E-state index >= 15 is 0 Å². The van der Waals surface area contributed by atoms with Gasteiger partial charge in [0.05, 0.1) is 18.2 Å². The number of aromatic hydroxyl groups is 4. The summed E-state index contributed by atoms with van der Waals surface area (Å²) in [6.45, 7) is 0.